The van der Waals surface area contributed by atoms with E-state index in [1.807, 2.05) is 53.2 Å². The molecular weight excluding hydrogens is 374 g/mol. The maximum atomic E-state index is 12.5. The molecule has 3 heterocycles. The number of aromatic nitrogens is 3. The summed E-state index contributed by atoms with van der Waals surface area (Å²) in [5.74, 6) is -0.405. The van der Waals surface area contributed by atoms with Gasteiger partial charge >= 0.3 is 5.97 Å². The number of ether oxygens (including phenoxy) is 1. The number of hydrogen-bond acceptors (Lipinski definition) is 4. The highest BCUT2D eigenvalue weighted by molar-refractivity contribution is 6.01. The Morgan fingerprint density at radius 1 is 0.933 bits per heavy atom. The van der Waals surface area contributed by atoms with Crippen molar-refractivity contribution in [1.82, 2.24) is 14.4 Å². The van der Waals surface area contributed by atoms with Crippen molar-refractivity contribution in [3.8, 4) is 22.3 Å². The zero-order valence-electron chi connectivity index (χ0n) is 16.7. The largest absolute Gasteiger partial charge is 0.464 e. The number of carbonyl (C=O) groups excluding carboxylic acids is 1. The van der Waals surface area contributed by atoms with Crippen LogP contribution in [0.1, 0.15) is 16.1 Å². The van der Waals surface area contributed by atoms with E-state index < -0.39 is 5.97 Å². The summed E-state index contributed by atoms with van der Waals surface area (Å²) < 4.78 is 6.85. The SMILES string of the molecule is COC(=O)c1cc(-c2ccnc3ccccc23)c2ncc(-c3ccc(C)cc3)cn12. The Bertz CT molecular complexity index is 1400. The molecule has 0 aliphatic rings. The molecule has 0 radical (unpaired) electrons. The number of aryl methyl sites for hydroxylation is 1. The lowest BCUT2D eigenvalue weighted by molar-refractivity contribution is 0.0593. The van der Waals surface area contributed by atoms with E-state index in [1.54, 1.807) is 6.20 Å². The van der Waals surface area contributed by atoms with Crippen molar-refractivity contribution in [1.29, 1.82) is 0 Å². The Balaban J connectivity index is 1.77. The summed E-state index contributed by atoms with van der Waals surface area (Å²) in [7, 11) is 1.39. The Kier molecular flexibility index (Phi) is 4.29. The number of hydrogen-bond donors (Lipinski definition) is 0. The molecule has 3 aromatic heterocycles. The Labute approximate surface area is 173 Å². The molecule has 5 rings (SSSR count). The first-order valence-electron chi connectivity index (χ1n) is 9.66. The summed E-state index contributed by atoms with van der Waals surface area (Å²) in [5, 5.41) is 1.01. The quantitative estimate of drug-likeness (QED) is 0.390. The monoisotopic (exact) mass is 393 g/mol. The van der Waals surface area contributed by atoms with Crippen LogP contribution in [0.5, 0.6) is 0 Å². The summed E-state index contributed by atoms with van der Waals surface area (Å²) in [5.41, 5.74) is 7.02. The average Bonchev–Trinajstić information content (AvgIpc) is 3.17. The van der Waals surface area contributed by atoms with E-state index in [9.17, 15) is 4.79 Å². The van der Waals surface area contributed by atoms with Crippen molar-refractivity contribution in [3.63, 3.8) is 0 Å². The van der Waals surface area contributed by atoms with Gasteiger partial charge in [-0.1, -0.05) is 48.0 Å². The average molecular weight is 393 g/mol. The Morgan fingerprint density at radius 3 is 2.53 bits per heavy atom. The molecule has 5 aromatic rings. The van der Waals surface area contributed by atoms with Crippen LogP contribution in [-0.2, 0) is 4.74 Å². The molecule has 5 heteroatoms. The molecule has 0 spiro atoms. The molecule has 0 aliphatic carbocycles. The Hall–Kier alpha value is -3.99. The number of benzene rings is 2. The number of fused-ring (bicyclic) bond motifs is 2. The van der Waals surface area contributed by atoms with Gasteiger partial charge in [-0.05, 0) is 36.2 Å². The van der Waals surface area contributed by atoms with Crippen LogP contribution in [0.2, 0.25) is 0 Å². The highest BCUT2D eigenvalue weighted by Crippen LogP contribution is 2.33. The maximum Gasteiger partial charge on any atom is 0.355 e. The van der Waals surface area contributed by atoms with Gasteiger partial charge in [0.2, 0.25) is 0 Å². The molecule has 0 amide bonds. The zero-order valence-corrected chi connectivity index (χ0v) is 16.7. The van der Waals surface area contributed by atoms with Crippen molar-refractivity contribution < 1.29 is 9.53 Å². The van der Waals surface area contributed by atoms with Crippen LogP contribution in [0.3, 0.4) is 0 Å². The molecule has 0 atom stereocenters. The molecule has 0 unspecified atom stereocenters. The van der Waals surface area contributed by atoms with E-state index in [0.717, 1.165) is 33.2 Å². The van der Waals surface area contributed by atoms with E-state index in [-0.39, 0.29) is 0 Å². The molecule has 146 valence electrons. The minimum Gasteiger partial charge on any atom is -0.464 e. The molecule has 0 N–H and O–H groups in total. The molecule has 30 heavy (non-hydrogen) atoms. The van der Waals surface area contributed by atoms with Crippen molar-refractivity contribution >= 4 is 22.5 Å². The van der Waals surface area contributed by atoms with Crippen LogP contribution in [0.15, 0.2) is 79.3 Å². The van der Waals surface area contributed by atoms with E-state index in [2.05, 4.69) is 36.2 Å². The maximum absolute atomic E-state index is 12.5. The van der Waals surface area contributed by atoms with Crippen LogP contribution in [0.4, 0.5) is 0 Å². The van der Waals surface area contributed by atoms with Crippen molar-refractivity contribution in [2.45, 2.75) is 6.92 Å². The van der Waals surface area contributed by atoms with Crippen molar-refractivity contribution in [2.75, 3.05) is 7.11 Å². The fourth-order valence-corrected chi connectivity index (χ4v) is 3.77. The third-order valence-electron chi connectivity index (χ3n) is 5.32. The predicted octanol–water partition coefficient (Wildman–Crippen LogP) is 5.31. The van der Waals surface area contributed by atoms with Crippen LogP contribution < -0.4 is 0 Å². The number of methoxy groups -OCH3 is 1. The summed E-state index contributed by atoms with van der Waals surface area (Å²) in [6.07, 6.45) is 5.56. The second-order valence-electron chi connectivity index (χ2n) is 7.21. The molecule has 5 nitrogen and oxygen atoms in total. The summed E-state index contributed by atoms with van der Waals surface area (Å²) in [4.78, 5) is 21.7. The van der Waals surface area contributed by atoms with Gasteiger partial charge in [-0.3, -0.25) is 9.38 Å². The Morgan fingerprint density at radius 2 is 1.73 bits per heavy atom. The van der Waals surface area contributed by atoms with Gasteiger partial charge < -0.3 is 4.74 Å². The first-order chi connectivity index (χ1) is 14.7. The second kappa shape index (κ2) is 7.12. The molecule has 0 bridgehead atoms. The summed E-state index contributed by atoms with van der Waals surface area (Å²) >= 11 is 0. The van der Waals surface area contributed by atoms with Crippen LogP contribution in [0, 0.1) is 6.92 Å². The lowest BCUT2D eigenvalue weighted by Crippen LogP contribution is -2.05. The predicted molar refractivity (Wildman–Crippen MR) is 117 cm³/mol. The van der Waals surface area contributed by atoms with Crippen LogP contribution >= 0.6 is 0 Å². The van der Waals surface area contributed by atoms with Gasteiger partial charge in [0.05, 0.1) is 12.6 Å². The standard InChI is InChI=1S/C25H19N3O2/c1-16-7-9-17(10-8-16)18-14-27-24-21(13-23(25(29)30-2)28(24)15-18)19-11-12-26-22-6-4-3-5-20(19)22/h3-15H,1-2H3. The van der Waals surface area contributed by atoms with Gasteiger partial charge in [-0.25, -0.2) is 9.78 Å². The fraction of sp³-hybridized carbons (Fsp3) is 0.0800. The van der Waals surface area contributed by atoms with Gasteiger partial charge in [-0.2, -0.15) is 0 Å². The fourth-order valence-electron chi connectivity index (χ4n) is 3.77. The van der Waals surface area contributed by atoms with Gasteiger partial charge in [0, 0.05) is 35.1 Å². The van der Waals surface area contributed by atoms with Gasteiger partial charge in [0.1, 0.15) is 11.3 Å². The number of carbonyl (C=O) groups is 1. The summed E-state index contributed by atoms with van der Waals surface area (Å²) in [6, 6.07) is 20.0. The molecule has 0 fully saturated rings. The first kappa shape index (κ1) is 18.1. The van der Waals surface area contributed by atoms with E-state index in [4.69, 9.17) is 9.72 Å². The second-order valence-corrected chi connectivity index (χ2v) is 7.21. The third-order valence-corrected chi connectivity index (χ3v) is 5.32. The molecule has 0 aliphatic heterocycles. The van der Waals surface area contributed by atoms with Crippen LogP contribution in [0.25, 0.3) is 38.8 Å². The van der Waals surface area contributed by atoms with Gasteiger partial charge in [-0.15, -0.1) is 0 Å². The first-order valence-corrected chi connectivity index (χ1v) is 9.66. The smallest absolute Gasteiger partial charge is 0.355 e. The van der Waals surface area contributed by atoms with Gasteiger partial charge in [0.25, 0.3) is 0 Å². The third kappa shape index (κ3) is 2.92. The zero-order chi connectivity index (χ0) is 20.7. The number of para-hydroxylation sites is 1. The number of esters is 1. The minimum atomic E-state index is -0.405. The molecular formula is C25H19N3O2. The number of pyridine rings is 1. The van der Waals surface area contributed by atoms with E-state index >= 15 is 0 Å². The van der Waals surface area contributed by atoms with E-state index in [1.165, 1.54) is 12.7 Å². The van der Waals surface area contributed by atoms with E-state index in [0.29, 0.717) is 11.3 Å². The number of rotatable bonds is 3. The van der Waals surface area contributed by atoms with Crippen LogP contribution in [-0.4, -0.2) is 27.4 Å². The lowest BCUT2D eigenvalue weighted by atomic mass is 10.0. The minimum absolute atomic E-state index is 0.405. The van der Waals surface area contributed by atoms with Crippen molar-refractivity contribution in [2.24, 2.45) is 0 Å². The number of nitrogens with zero attached hydrogens (tertiary/aromatic N) is 3. The highest BCUT2D eigenvalue weighted by Gasteiger charge is 2.20. The van der Waals surface area contributed by atoms with Crippen molar-refractivity contribution in [3.05, 3.63) is 90.5 Å². The molecule has 2 aromatic carbocycles. The highest BCUT2D eigenvalue weighted by atomic mass is 16.5. The summed E-state index contributed by atoms with van der Waals surface area (Å²) in [6.45, 7) is 2.05. The lowest BCUT2D eigenvalue weighted by Gasteiger charge is -2.07. The normalized spacial score (nSPS) is 11.1. The molecule has 0 saturated heterocycles. The topological polar surface area (TPSA) is 56.5 Å². The van der Waals surface area contributed by atoms with Gasteiger partial charge in [0.15, 0.2) is 0 Å². The molecule has 0 saturated carbocycles.